The molecule has 1 amide bonds. The second kappa shape index (κ2) is 5.10. The van der Waals surface area contributed by atoms with Gasteiger partial charge in [-0.15, -0.1) is 0 Å². The Labute approximate surface area is 122 Å². The second-order valence-electron chi connectivity index (χ2n) is 5.62. The average molecular weight is 312 g/mol. The van der Waals surface area contributed by atoms with Gasteiger partial charge in [0.15, 0.2) is 9.84 Å². The van der Waals surface area contributed by atoms with Crippen molar-refractivity contribution in [3.63, 3.8) is 0 Å². The minimum atomic E-state index is -3.11. The van der Waals surface area contributed by atoms with Gasteiger partial charge in [0.2, 0.25) is 0 Å². The molecular formula is C13H16N2O5S. The van der Waals surface area contributed by atoms with Gasteiger partial charge in [-0.1, -0.05) is 0 Å². The molecule has 1 aromatic carbocycles. The van der Waals surface area contributed by atoms with Crippen molar-refractivity contribution >= 4 is 21.4 Å². The van der Waals surface area contributed by atoms with Crippen molar-refractivity contribution in [1.29, 1.82) is 0 Å². The topological polar surface area (TPSA) is 106 Å². The highest BCUT2D eigenvalue weighted by molar-refractivity contribution is 7.91. The van der Waals surface area contributed by atoms with E-state index in [-0.39, 0.29) is 22.8 Å². The quantitative estimate of drug-likeness (QED) is 0.667. The van der Waals surface area contributed by atoms with Crippen LogP contribution in [0, 0.1) is 17.0 Å². The Hall–Kier alpha value is -1.96. The molecule has 1 aliphatic rings. The van der Waals surface area contributed by atoms with Gasteiger partial charge in [0, 0.05) is 17.2 Å². The summed E-state index contributed by atoms with van der Waals surface area (Å²) in [6, 6.07) is 4.07. The first kappa shape index (κ1) is 15.4. The minimum absolute atomic E-state index is 0.0544. The third-order valence-corrected chi connectivity index (χ3v) is 5.48. The molecular weight excluding hydrogens is 296 g/mol. The van der Waals surface area contributed by atoms with Gasteiger partial charge in [-0.2, -0.15) is 0 Å². The van der Waals surface area contributed by atoms with E-state index < -0.39 is 26.2 Å². The minimum Gasteiger partial charge on any atom is -0.346 e. The molecule has 1 N–H and O–H groups in total. The van der Waals surface area contributed by atoms with Gasteiger partial charge in [-0.3, -0.25) is 14.9 Å². The number of nitrogens with zero attached hydrogens (tertiary/aromatic N) is 1. The number of hydrogen-bond donors (Lipinski definition) is 1. The fraction of sp³-hybridized carbons (Fsp3) is 0.462. The summed E-state index contributed by atoms with van der Waals surface area (Å²) in [5.41, 5.74) is -0.173. The second-order valence-corrected chi connectivity index (χ2v) is 7.80. The molecule has 1 saturated heterocycles. The van der Waals surface area contributed by atoms with E-state index in [9.17, 15) is 23.3 Å². The highest BCUT2D eigenvalue weighted by atomic mass is 32.2. The molecule has 2 rings (SSSR count). The zero-order chi connectivity index (χ0) is 15.8. The predicted molar refractivity (Wildman–Crippen MR) is 77.0 cm³/mol. The molecule has 1 atom stereocenters. The molecule has 0 spiro atoms. The summed E-state index contributed by atoms with van der Waals surface area (Å²) in [6.07, 6.45) is 0.368. The van der Waals surface area contributed by atoms with Gasteiger partial charge in [-0.25, -0.2) is 8.42 Å². The number of nitro groups is 1. The number of aryl methyl sites for hydroxylation is 1. The van der Waals surface area contributed by atoms with E-state index in [1.807, 2.05) is 0 Å². The SMILES string of the molecule is Cc1cc(C(=O)N[C@@]2(C)CCS(=O)(=O)C2)ccc1[N+](=O)[O-]. The molecule has 0 bridgehead atoms. The predicted octanol–water partition coefficient (Wildman–Crippen LogP) is 1.21. The summed E-state index contributed by atoms with van der Waals surface area (Å²) in [6.45, 7) is 3.24. The van der Waals surface area contributed by atoms with E-state index in [0.717, 1.165) is 0 Å². The van der Waals surface area contributed by atoms with Gasteiger partial charge in [0.05, 0.1) is 22.0 Å². The Morgan fingerprint density at radius 2 is 2.10 bits per heavy atom. The summed E-state index contributed by atoms with van der Waals surface area (Å²) in [5, 5.41) is 13.5. The van der Waals surface area contributed by atoms with E-state index in [4.69, 9.17) is 0 Å². The lowest BCUT2D eigenvalue weighted by Crippen LogP contribution is -2.46. The van der Waals surface area contributed by atoms with Gasteiger partial charge in [0.1, 0.15) is 0 Å². The number of carbonyl (C=O) groups excluding carboxylic acids is 1. The fourth-order valence-corrected chi connectivity index (χ4v) is 4.55. The summed E-state index contributed by atoms with van der Waals surface area (Å²) in [7, 11) is -3.11. The highest BCUT2D eigenvalue weighted by Crippen LogP contribution is 2.24. The number of hydrogen-bond acceptors (Lipinski definition) is 5. The van der Waals surface area contributed by atoms with Crippen LogP contribution in [0.25, 0.3) is 0 Å². The van der Waals surface area contributed by atoms with Crippen molar-refractivity contribution in [2.45, 2.75) is 25.8 Å². The smallest absolute Gasteiger partial charge is 0.272 e. The highest BCUT2D eigenvalue weighted by Gasteiger charge is 2.39. The molecule has 8 heteroatoms. The van der Waals surface area contributed by atoms with Crippen molar-refractivity contribution in [2.75, 3.05) is 11.5 Å². The van der Waals surface area contributed by atoms with Gasteiger partial charge < -0.3 is 5.32 Å². The van der Waals surface area contributed by atoms with Crippen LogP contribution in [0.15, 0.2) is 18.2 Å². The number of nitro benzene ring substituents is 1. The Balaban J connectivity index is 2.18. The molecule has 0 aromatic heterocycles. The van der Waals surface area contributed by atoms with E-state index >= 15 is 0 Å². The normalized spacial score (nSPS) is 23.7. The van der Waals surface area contributed by atoms with Gasteiger partial charge >= 0.3 is 0 Å². The molecule has 1 heterocycles. The molecule has 1 aromatic rings. The average Bonchev–Trinajstić information content (AvgIpc) is 2.62. The molecule has 1 fully saturated rings. The van der Waals surface area contributed by atoms with Crippen LogP contribution in [0.1, 0.15) is 29.3 Å². The lowest BCUT2D eigenvalue weighted by Gasteiger charge is -2.23. The standard InChI is InChI=1S/C13H16N2O5S/c1-9-7-10(3-4-11(9)15(17)18)12(16)14-13(2)5-6-21(19,20)8-13/h3-4,7H,5-6,8H2,1-2H3,(H,14,16)/t13-/m0/s1. The number of amides is 1. The van der Waals surface area contributed by atoms with Crippen molar-refractivity contribution < 1.29 is 18.1 Å². The van der Waals surface area contributed by atoms with Gasteiger partial charge in [0.25, 0.3) is 11.6 Å². The third kappa shape index (κ3) is 3.38. The Bertz CT molecular complexity index is 713. The van der Waals surface area contributed by atoms with Crippen LogP contribution in [-0.4, -0.2) is 36.3 Å². The lowest BCUT2D eigenvalue weighted by atomic mass is 10.0. The van der Waals surface area contributed by atoms with Crippen molar-refractivity contribution in [3.8, 4) is 0 Å². The number of nitrogens with one attached hydrogen (secondary N) is 1. The first-order valence-electron chi connectivity index (χ1n) is 6.40. The summed E-state index contributed by atoms with van der Waals surface area (Å²) in [5.74, 6) is -0.451. The lowest BCUT2D eigenvalue weighted by molar-refractivity contribution is -0.385. The van der Waals surface area contributed by atoms with Crippen molar-refractivity contribution in [2.24, 2.45) is 0 Å². The Kier molecular flexibility index (Phi) is 3.75. The zero-order valence-electron chi connectivity index (χ0n) is 11.8. The van der Waals surface area contributed by atoms with Crippen LogP contribution in [0.3, 0.4) is 0 Å². The molecule has 0 unspecified atom stereocenters. The number of rotatable bonds is 3. The Morgan fingerprint density at radius 3 is 2.57 bits per heavy atom. The van der Waals surface area contributed by atoms with E-state index in [1.54, 1.807) is 13.8 Å². The first-order valence-corrected chi connectivity index (χ1v) is 8.22. The van der Waals surface area contributed by atoms with Crippen LogP contribution in [0.2, 0.25) is 0 Å². The van der Waals surface area contributed by atoms with Crippen LogP contribution in [-0.2, 0) is 9.84 Å². The molecule has 21 heavy (non-hydrogen) atoms. The molecule has 7 nitrogen and oxygen atoms in total. The number of sulfone groups is 1. The van der Waals surface area contributed by atoms with E-state index in [1.165, 1.54) is 18.2 Å². The van der Waals surface area contributed by atoms with E-state index in [0.29, 0.717) is 12.0 Å². The monoisotopic (exact) mass is 312 g/mol. The zero-order valence-corrected chi connectivity index (χ0v) is 12.6. The van der Waals surface area contributed by atoms with Crippen molar-refractivity contribution in [1.82, 2.24) is 5.32 Å². The molecule has 0 radical (unpaired) electrons. The maximum absolute atomic E-state index is 12.2. The van der Waals surface area contributed by atoms with Crippen LogP contribution in [0.5, 0.6) is 0 Å². The largest absolute Gasteiger partial charge is 0.346 e. The maximum atomic E-state index is 12.2. The number of benzene rings is 1. The van der Waals surface area contributed by atoms with Crippen LogP contribution in [0.4, 0.5) is 5.69 Å². The summed E-state index contributed by atoms with van der Waals surface area (Å²) < 4.78 is 23.0. The number of carbonyl (C=O) groups is 1. The summed E-state index contributed by atoms with van der Waals surface area (Å²) in [4.78, 5) is 22.4. The fourth-order valence-electron chi connectivity index (χ4n) is 2.46. The Morgan fingerprint density at radius 1 is 1.43 bits per heavy atom. The van der Waals surface area contributed by atoms with E-state index in [2.05, 4.69) is 5.32 Å². The van der Waals surface area contributed by atoms with Gasteiger partial charge in [-0.05, 0) is 32.4 Å². The molecule has 0 saturated carbocycles. The first-order chi connectivity index (χ1) is 9.62. The van der Waals surface area contributed by atoms with Crippen LogP contribution < -0.4 is 5.32 Å². The molecule has 1 aliphatic heterocycles. The molecule has 114 valence electrons. The third-order valence-electron chi connectivity index (χ3n) is 3.57. The van der Waals surface area contributed by atoms with Crippen molar-refractivity contribution in [3.05, 3.63) is 39.4 Å². The van der Waals surface area contributed by atoms with Crippen LogP contribution >= 0.6 is 0 Å². The summed E-state index contributed by atoms with van der Waals surface area (Å²) >= 11 is 0. The maximum Gasteiger partial charge on any atom is 0.272 e. The molecule has 0 aliphatic carbocycles.